The summed E-state index contributed by atoms with van der Waals surface area (Å²) < 4.78 is 1.23. The van der Waals surface area contributed by atoms with E-state index >= 15 is 0 Å². The van der Waals surface area contributed by atoms with Crippen LogP contribution < -0.4 is 5.73 Å². The molecule has 5 nitrogen and oxygen atoms in total. The number of benzene rings is 1. The molecule has 0 atom stereocenters. The van der Waals surface area contributed by atoms with Crippen LogP contribution in [0.25, 0.3) is 11.0 Å². The van der Waals surface area contributed by atoms with Crippen LogP contribution in [0.2, 0.25) is 0 Å². The number of nitrogens with two attached hydrogens (primary N) is 1. The van der Waals surface area contributed by atoms with Crippen molar-refractivity contribution >= 4 is 22.6 Å². The van der Waals surface area contributed by atoms with Crippen molar-refractivity contribution in [3.63, 3.8) is 0 Å². The van der Waals surface area contributed by atoms with Crippen LogP contribution in [-0.2, 0) is 0 Å². The maximum Gasteiger partial charge on any atom is 0.245 e. The van der Waals surface area contributed by atoms with Crippen LogP contribution in [0.4, 0.5) is 5.69 Å². The molecule has 0 unspecified atom stereocenters. The van der Waals surface area contributed by atoms with Gasteiger partial charge in [-0.25, -0.2) is 0 Å². The van der Waals surface area contributed by atoms with E-state index < -0.39 is 0 Å². The zero-order valence-electron chi connectivity index (χ0n) is 7.06. The standard InChI is InChI=1S/C8H8N4O/c1-5(13)12-7-4-2-3-6(9)8(7)10-11-12/h2-4H,9H2,1H3. The molecule has 1 aromatic heterocycles. The Balaban J connectivity index is 2.83. The molecule has 0 aliphatic rings. The topological polar surface area (TPSA) is 73.8 Å². The number of hydrogen-bond acceptors (Lipinski definition) is 4. The van der Waals surface area contributed by atoms with E-state index in [2.05, 4.69) is 10.3 Å². The third kappa shape index (κ3) is 1.05. The van der Waals surface area contributed by atoms with Gasteiger partial charge in [0.25, 0.3) is 0 Å². The summed E-state index contributed by atoms with van der Waals surface area (Å²) in [6.07, 6.45) is 0. The molecular weight excluding hydrogens is 168 g/mol. The van der Waals surface area contributed by atoms with Gasteiger partial charge < -0.3 is 5.73 Å². The lowest BCUT2D eigenvalue weighted by molar-refractivity contribution is 0.0924. The second kappa shape index (κ2) is 2.55. The van der Waals surface area contributed by atoms with E-state index in [1.807, 2.05) is 0 Å². The van der Waals surface area contributed by atoms with Gasteiger partial charge in [0.2, 0.25) is 5.91 Å². The molecule has 66 valence electrons. The van der Waals surface area contributed by atoms with Gasteiger partial charge in [-0.3, -0.25) is 4.79 Å². The minimum absolute atomic E-state index is 0.173. The van der Waals surface area contributed by atoms with Crippen LogP contribution in [0.5, 0.6) is 0 Å². The van der Waals surface area contributed by atoms with Crippen molar-refractivity contribution in [2.75, 3.05) is 5.73 Å². The molecule has 0 bridgehead atoms. The molecule has 0 radical (unpaired) electrons. The maximum absolute atomic E-state index is 11.1. The molecule has 1 heterocycles. The monoisotopic (exact) mass is 176 g/mol. The third-order valence-corrected chi connectivity index (χ3v) is 1.81. The second-order valence-corrected chi connectivity index (χ2v) is 2.74. The summed E-state index contributed by atoms with van der Waals surface area (Å²) in [7, 11) is 0. The molecule has 2 N–H and O–H groups in total. The molecule has 0 saturated carbocycles. The van der Waals surface area contributed by atoms with Crippen molar-refractivity contribution in [1.29, 1.82) is 0 Å². The molecule has 0 fully saturated rings. The second-order valence-electron chi connectivity index (χ2n) is 2.74. The maximum atomic E-state index is 11.1. The Morgan fingerprint density at radius 1 is 1.54 bits per heavy atom. The highest BCUT2D eigenvalue weighted by molar-refractivity contribution is 5.92. The molecule has 0 aliphatic heterocycles. The number of rotatable bonds is 0. The summed E-state index contributed by atoms with van der Waals surface area (Å²) in [6, 6.07) is 5.25. The molecule has 5 heteroatoms. The summed E-state index contributed by atoms with van der Waals surface area (Å²) in [5.41, 5.74) is 7.39. The summed E-state index contributed by atoms with van der Waals surface area (Å²) in [5.74, 6) is -0.173. The fourth-order valence-corrected chi connectivity index (χ4v) is 1.20. The smallest absolute Gasteiger partial charge is 0.245 e. The quantitative estimate of drug-likeness (QED) is 0.599. The van der Waals surface area contributed by atoms with Crippen LogP contribution in [-0.4, -0.2) is 20.9 Å². The highest BCUT2D eigenvalue weighted by Crippen LogP contribution is 2.16. The average molecular weight is 176 g/mol. The molecular formula is C8H8N4O. The van der Waals surface area contributed by atoms with Gasteiger partial charge in [-0.15, -0.1) is 5.10 Å². The Morgan fingerprint density at radius 3 is 3.00 bits per heavy atom. The number of carbonyl (C=O) groups is 1. The Morgan fingerprint density at radius 2 is 2.31 bits per heavy atom. The molecule has 0 saturated heterocycles. The van der Waals surface area contributed by atoms with Crippen LogP contribution >= 0.6 is 0 Å². The molecule has 1 aromatic carbocycles. The molecule has 0 spiro atoms. The van der Waals surface area contributed by atoms with Crippen molar-refractivity contribution in [2.24, 2.45) is 0 Å². The normalized spacial score (nSPS) is 10.5. The minimum atomic E-state index is -0.173. The van der Waals surface area contributed by atoms with E-state index in [1.165, 1.54) is 11.6 Å². The van der Waals surface area contributed by atoms with Crippen molar-refractivity contribution < 1.29 is 4.79 Å². The van der Waals surface area contributed by atoms with Crippen LogP contribution in [0.15, 0.2) is 18.2 Å². The highest BCUT2D eigenvalue weighted by Gasteiger charge is 2.08. The number of fused-ring (bicyclic) bond motifs is 1. The highest BCUT2D eigenvalue weighted by atomic mass is 16.2. The van der Waals surface area contributed by atoms with Gasteiger partial charge in [0.15, 0.2) is 0 Å². The van der Waals surface area contributed by atoms with Crippen LogP contribution in [0, 0.1) is 0 Å². The molecule has 2 rings (SSSR count). The predicted molar refractivity (Wildman–Crippen MR) is 48.2 cm³/mol. The van der Waals surface area contributed by atoms with Gasteiger partial charge >= 0.3 is 0 Å². The molecule has 0 amide bonds. The Labute approximate surface area is 74.1 Å². The van der Waals surface area contributed by atoms with Crippen molar-refractivity contribution in [3.05, 3.63) is 18.2 Å². The largest absolute Gasteiger partial charge is 0.397 e. The number of nitrogens with zero attached hydrogens (tertiary/aromatic N) is 3. The summed E-state index contributed by atoms with van der Waals surface area (Å²) >= 11 is 0. The predicted octanol–water partition coefficient (Wildman–Crippen LogP) is 0.674. The van der Waals surface area contributed by atoms with E-state index in [0.717, 1.165) is 0 Å². The first-order chi connectivity index (χ1) is 6.20. The fourth-order valence-electron chi connectivity index (χ4n) is 1.20. The minimum Gasteiger partial charge on any atom is -0.397 e. The third-order valence-electron chi connectivity index (χ3n) is 1.81. The van der Waals surface area contributed by atoms with Gasteiger partial charge in [-0.2, -0.15) is 4.68 Å². The van der Waals surface area contributed by atoms with Crippen molar-refractivity contribution in [3.8, 4) is 0 Å². The average Bonchev–Trinajstić information content (AvgIpc) is 2.48. The van der Waals surface area contributed by atoms with Gasteiger partial charge in [0.1, 0.15) is 5.52 Å². The van der Waals surface area contributed by atoms with Crippen molar-refractivity contribution in [2.45, 2.75) is 6.92 Å². The van der Waals surface area contributed by atoms with Gasteiger partial charge in [0, 0.05) is 6.92 Å². The van der Waals surface area contributed by atoms with Gasteiger partial charge in [-0.1, -0.05) is 11.3 Å². The first-order valence-corrected chi connectivity index (χ1v) is 3.81. The Bertz CT molecular complexity index is 474. The fraction of sp³-hybridized carbons (Fsp3) is 0.125. The molecule has 0 aliphatic carbocycles. The van der Waals surface area contributed by atoms with Gasteiger partial charge in [0.05, 0.1) is 11.2 Å². The first kappa shape index (κ1) is 7.72. The SMILES string of the molecule is CC(=O)n1nnc2c(N)cccc21. The number of anilines is 1. The van der Waals surface area contributed by atoms with E-state index in [4.69, 9.17) is 5.73 Å². The zero-order valence-corrected chi connectivity index (χ0v) is 7.06. The number of aromatic nitrogens is 3. The van der Waals surface area contributed by atoms with E-state index in [1.54, 1.807) is 18.2 Å². The van der Waals surface area contributed by atoms with E-state index in [0.29, 0.717) is 16.7 Å². The van der Waals surface area contributed by atoms with Crippen LogP contribution in [0.3, 0.4) is 0 Å². The van der Waals surface area contributed by atoms with E-state index in [9.17, 15) is 4.79 Å². The Hall–Kier alpha value is -1.91. The zero-order chi connectivity index (χ0) is 9.42. The van der Waals surface area contributed by atoms with Gasteiger partial charge in [-0.05, 0) is 12.1 Å². The number of nitrogen functional groups attached to an aromatic ring is 1. The lowest BCUT2D eigenvalue weighted by Crippen LogP contribution is -2.06. The number of carbonyl (C=O) groups excluding carboxylic acids is 1. The van der Waals surface area contributed by atoms with Crippen LogP contribution in [0.1, 0.15) is 11.7 Å². The lowest BCUT2D eigenvalue weighted by Gasteiger charge is -1.95. The Kier molecular flexibility index (Phi) is 1.51. The summed E-state index contributed by atoms with van der Waals surface area (Å²) in [5, 5.41) is 7.50. The summed E-state index contributed by atoms with van der Waals surface area (Å²) in [6.45, 7) is 1.43. The molecule has 2 aromatic rings. The first-order valence-electron chi connectivity index (χ1n) is 3.81. The lowest BCUT2D eigenvalue weighted by atomic mass is 10.3. The molecule has 13 heavy (non-hydrogen) atoms. The number of hydrogen-bond donors (Lipinski definition) is 1. The van der Waals surface area contributed by atoms with E-state index in [-0.39, 0.29) is 5.91 Å². The summed E-state index contributed by atoms with van der Waals surface area (Å²) in [4.78, 5) is 11.1. The van der Waals surface area contributed by atoms with Crippen molar-refractivity contribution in [1.82, 2.24) is 15.0 Å².